The first-order chi connectivity index (χ1) is 8.22. The van der Waals surface area contributed by atoms with Gasteiger partial charge in [-0.15, -0.1) is 0 Å². The van der Waals surface area contributed by atoms with Gasteiger partial charge in [0.05, 0.1) is 18.4 Å². The summed E-state index contributed by atoms with van der Waals surface area (Å²) in [7, 11) is 1.51. The third kappa shape index (κ3) is 2.52. The average Bonchev–Trinajstić information content (AvgIpc) is 2.39. The van der Waals surface area contributed by atoms with Gasteiger partial charge in [-0.1, -0.05) is 0 Å². The quantitative estimate of drug-likeness (QED) is 0.772. The third-order valence-electron chi connectivity index (χ3n) is 2.77. The van der Waals surface area contributed by atoms with Gasteiger partial charge in [-0.05, 0) is 6.92 Å². The molecule has 1 aromatic heterocycles. The highest BCUT2D eigenvalue weighted by Gasteiger charge is 2.20. The smallest absolute Gasteiger partial charge is 0.316 e. The normalized spacial score (nSPS) is 15.8. The molecule has 0 atom stereocenters. The van der Waals surface area contributed by atoms with E-state index in [1.54, 1.807) is 6.92 Å². The van der Waals surface area contributed by atoms with Crippen molar-refractivity contribution >= 4 is 5.91 Å². The Hall–Kier alpha value is -1.69. The number of amides is 1. The minimum absolute atomic E-state index is 0.00773. The lowest BCUT2D eigenvalue weighted by molar-refractivity contribution is 0.0734. The molecule has 2 heterocycles. The topological polar surface area (TPSA) is 67.3 Å². The second-order valence-electron chi connectivity index (χ2n) is 3.90. The summed E-state index contributed by atoms with van der Waals surface area (Å²) in [6.07, 6.45) is 1.53. The highest BCUT2D eigenvalue weighted by atomic mass is 16.5. The molecule has 17 heavy (non-hydrogen) atoms. The first-order valence-electron chi connectivity index (χ1n) is 5.60. The Morgan fingerprint density at radius 2 is 2.18 bits per heavy atom. The molecule has 0 spiro atoms. The van der Waals surface area contributed by atoms with E-state index in [2.05, 4.69) is 15.3 Å². The van der Waals surface area contributed by atoms with Crippen LogP contribution in [0.15, 0.2) is 6.20 Å². The predicted octanol–water partition coefficient (Wildman–Crippen LogP) is -0.161. The number of hydrogen-bond donors (Lipinski definition) is 1. The van der Waals surface area contributed by atoms with Crippen molar-refractivity contribution in [1.29, 1.82) is 0 Å². The monoisotopic (exact) mass is 236 g/mol. The fourth-order valence-electron chi connectivity index (χ4n) is 1.79. The molecule has 1 saturated heterocycles. The van der Waals surface area contributed by atoms with E-state index in [0.29, 0.717) is 17.3 Å². The minimum Gasteiger partial charge on any atom is -0.467 e. The van der Waals surface area contributed by atoms with Gasteiger partial charge in [-0.2, -0.15) is 4.98 Å². The molecule has 0 aliphatic carbocycles. The number of carbonyl (C=O) groups excluding carboxylic acids is 1. The SMILES string of the molecule is COc1ncc(C(=O)N2CCNCC2)c(C)n1. The number of aromatic nitrogens is 2. The highest BCUT2D eigenvalue weighted by molar-refractivity contribution is 5.95. The molecule has 1 aliphatic rings. The Bertz CT molecular complexity index is 416. The number of ether oxygens (including phenoxy) is 1. The molecule has 0 aromatic carbocycles. The summed E-state index contributed by atoms with van der Waals surface area (Å²) in [4.78, 5) is 22.1. The van der Waals surface area contributed by atoms with Gasteiger partial charge in [-0.25, -0.2) is 4.98 Å². The number of piperazine rings is 1. The molecule has 1 aliphatic heterocycles. The van der Waals surface area contributed by atoms with Crippen molar-refractivity contribution in [1.82, 2.24) is 20.2 Å². The maximum absolute atomic E-state index is 12.2. The van der Waals surface area contributed by atoms with Crippen LogP contribution in [0.5, 0.6) is 6.01 Å². The predicted molar refractivity (Wildman–Crippen MR) is 62.1 cm³/mol. The molecule has 0 unspecified atom stereocenters. The van der Waals surface area contributed by atoms with Crippen molar-refractivity contribution in [3.05, 3.63) is 17.5 Å². The molecule has 0 saturated carbocycles. The summed E-state index contributed by atoms with van der Waals surface area (Å²) in [5.41, 5.74) is 1.20. The van der Waals surface area contributed by atoms with Crippen LogP contribution in [0.3, 0.4) is 0 Å². The largest absolute Gasteiger partial charge is 0.467 e. The van der Waals surface area contributed by atoms with Crippen molar-refractivity contribution in [3.8, 4) is 6.01 Å². The number of nitrogens with one attached hydrogen (secondary N) is 1. The zero-order valence-corrected chi connectivity index (χ0v) is 10.1. The lowest BCUT2D eigenvalue weighted by Crippen LogP contribution is -2.46. The van der Waals surface area contributed by atoms with Crippen LogP contribution < -0.4 is 10.1 Å². The van der Waals surface area contributed by atoms with E-state index < -0.39 is 0 Å². The molecular formula is C11H16N4O2. The number of aryl methyl sites for hydroxylation is 1. The number of rotatable bonds is 2. The Balaban J connectivity index is 2.18. The number of carbonyl (C=O) groups is 1. The van der Waals surface area contributed by atoms with Crippen LogP contribution in [0, 0.1) is 6.92 Å². The fraction of sp³-hybridized carbons (Fsp3) is 0.545. The van der Waals surface area contributed by atoms with Crippen molar-refractivity contribution in [2.75, 3.05) is 33.3 Å². The van der Waals surface area contributed by atoms with Gasteiger partial charge < -0.3 is 15.0 Å². The van der Waals surface area contributed by atoms with Gasteiger partial charge in [0.2, 0.25) is 0 Å². The molecule has 1 N–H and O–H groups in total. The Morgan fingerprint density at radius 1 is 1.47 bits per heavy atom. The summed E-state index contributed by atoms with van der Waals surface area (Å²) >= 11 is 0. The maximum atomic E-state index is 12.2. The summed E-state index contributed by atoms with van der Waals surface area (Å²) in [6.45, 7) is 4.91. The third-order valence-corrected chi connectivity index (χ3v) is 2.77. The van der Waals surface area contributed by atoms with Crippen LogP contribution in [-0.2, 0) is 0 Å². The lowest BCUT2D eigenvalue weighted by atomic mass is 10.2. The van der Waals surface area contributed by atoms with Gasteiger partial charge in [0.1, 0.15) is 0 Å². The van der Waals surface area contributed by atoms with Gasteiger partial charge in [-0.3, -0.25) is 4.79 Å². The summed E-state index contributed by atoms with van der Waals surface area (Å²) in [5.74, 6) is -0.00773. The number of methoxy groups -OCH3 is 1. The molecule has 0 bridgehead atoms. The van der Waals surface area contributed by atoms with E-state index in [0.717, 1.165) is 26.2 Å². The van der Waals surface area contributed by atoms with Crippen LogP contribution in [-0.4, -0.2) is 54.1 Å². The van der Waals surface area contributed by atoms with Crippen molar-refractivity contribution in [2.24, 2.45) is 0 Å². The molecule has 1 amide bonds. The summed E-state index contributed by atoms with van der Waals surface area (Å²) in [5, 5.41) is 3.21. The van der Waals surface area contributed by atoms with Crippen LogP contribution in [0.2, 0.25) is 0 Å². The molecule has 2 rings (SSSR count). The second kappa shape index (κ2) is 5.09. The van der Waals surface area contributed by atoms with E-state index >= 15 is 0 Å². The maximum Gasteiger partial charge on any atom is 0.316 e. The van der Waals surface area contributed by atoms with E-state index in [1.807, 2.05) is 4.90 Å². The molecular weight excluding hydrogens is 220 g/mol. The Kier molecular flexibility index (Phi) is 3.53. The summed E-state index contributed by atoms with van der Waals surface area (Å²) < 4.78 is 4.92. The first-order valence-corrected chi connectivity index (χ1v) is 5.60. The van der Waals surface area contributed by atoms with E-state index in [4.69, 9.17) is 4.74 Å². The average molecular weight is 236 g/mol. The standard InChI is InChI=1S/C11H16N4O2/c1-8-9(7-13-11(14-8)17-2)10(16)15-5-3-12-4-6-15/h7,12H,3-6H2,1-2H3. The molecule has 0 radical (unpaired) electrons. The highest BCUT2D eigenvalue weighted by Crippen LogP contribution is 2.11. The van der Waals surface area contributed by atoms with Crippen molar-refractivity contribution < 1.29 is 9.53 Å². The molecule has 6 nitrogen and oxygen atoms in total. The van der Waals surface area contributed by atoms with E-state index in [9.17, 15) is 4.79 Å². The van der Waals surface area contributed by atoms with Crippen LogP contribution in [0.4, 0.5) is 0 Å². The van der Waals surface area contributed by atoms with E-state index in [1.165, 1.54) is 13.3 Å². The molecule has 1 fully saturated rings. The number of nitrogens with zero attached hydrogens (tertiary/aromatic N) is 3. The summed E-state index contributed by atoms with van der Waals surface area (Å²) in [6, 6.07) is 0.291. The van der Waals surface area contributed by atoms with Crippen molar-refractivity contribution in [3.63, 3.8) is 0 Å². The van der Waals surface area contributed by atoms with Crippen LogP contribution in [0.1, 0.15) is 16.1 Å². The zero-order valence-electron chi connectivity index (χ0n) is 10.1. The zero-order chi connectivity index (χ0) is 12.3. The van der Waals surface area contributed by atoms with Crippen LogP contribution in [0.25, 0.3) is 0 Å². The van der Waals surface area contributed by atoms with Gasteiger partial charge >= 0.3 is 6.01 Å². The fourth-order valence-corrected chi connectivity index (χ4v) is 1.79. The molecule has 92 valence electrons. The van der Waals surface area contributed by atoms with Gasteiger partial charge in [0.25, 0.3) is 5.91 Å². The van der Waals surface area contributed by atoms with E-state index in [-0.39, 0.29) is 5.91 Å². The molecule has 1 aromatic rings. The number of hydrogen-bond acceptors (Lipinski definition) is 5. The van der Waals surface area contributed by atoms with Crippen LogP contribution >= 0.6 is 0 Å². The minimum atomic E-state index is -0.00773. The Morgan fingerprint density at radius 3 is 2.76 bits per heavy atom. The van der Waals surface area contributed by atoms with Gasteiger partial charge in [0, 0.05) is 32.4 Å². The first kappa shape index (κ1) is 11.8. The second-order valence-corrected chi connectivity index (χ2v) is 3.90. The Labute approximate surface area is 100 Å². The molecule has 6 heteroatoms. The lowest BCUT2D eigenvalue weighted by Gasteiger charge is -2.27. The van der Waals surface area contributed by atoms with Gasteiger partial charge in [0.15, 0.2) is 0 Å². The van der Waals surface area contributed by atoms with Crippen molar-refractivity contribution in [2.45, 2.75) is 6.92 Å².